The monoisotopic (exact) mass is 281 g/mol. The van der Waals surface area contributed by atoms with Crippen LogP contribution in [0.3, 0.4) is 0 Å². The molecule has 0 radical (unpaired) electrons. The Morgan fingerprint density at radius 3 is 2.52 bits per heavy atom. The van der Waals surface area contributed by atoms with E-state index in [1.165, 1.54) is 16.7 Å². The number of benzene rings is 2. The van der Waals surface area contributed by atoms with Crippen molar-refractivity contribution in [2.45, 2.75) is 31.6 Å². The van der Waals surface area contributed by atoms with Crippen LogP contribution in [0, 0.1) is 0 Å². The van der Waals surface area contributed by atoms with Crippen LogP contribution in [-0.2, 0) is 11.3 Å². The standard InChI is InChI=1S/C19H23NO/c1-20(2)18(15-8-4-3-5-9-15)12-13-19-17-11-7-6-10-16(17)14-21-19/h3-11,18-19H,12-14H2,1-2H3. The first-order valence-corrected chi connectivity index (χ1v) is 7.66. The van der Waals surface area contributed by atoms with Crippen LogP contribution in [0.2, 0.25) is 0 Å². The van der Waals surface area contributed by atoms with Crippen molar-refractivity contribution < 1.29 is 4.74 Å². The van der Waals surface area contributed by atoms with E-state index in [9.17, 15) is 0 Å². The first-order chi connectivity index (χ1) is 10.3. The first kappa shape index (κ1) is 14.3. The van der Waals surface area contributed by atoms with Crippen molar-refractivity contribution in [3.8, 4) is 0 Å². The molecule has 0 saturated heterocycles. The third kappa shape index (κ3) is 3.17. The molecule has 2 heteroatoms. The Bertz CT molecular complexity index is 579. The van der Waals surface area contributed by atoms with Crippen molar-refractivity contribution in [3.63, 3.8) is 0 Å². The molecule has 2 aromatic carbocycles. The van der Waals surface area contributed by atoms with Crippen LogP contribution in [0.4, 0.5) is 0 Å². The second-order valence-electron chi connectivity index (χ2n) is 5.97. The molecule has 0 spiro atoms. The van der Waals surface area contributed by atoms with Gasteiger partial charge in [0.25, 0.3) is 0 Å². The van der Waals surface area contributed by atoms with Crippen LogP contribution in [0.15, 0.2) is 54.6 Å². The zero-order chi connectivity index (χ0) is 14.7. The normalized spacial score (nSPS) is 18.7. The van der Waals surface area contributed by atoms with Gasteiger partial charge in [0.2, 0.25) is 0 Å². The van der Waals surface area contributed by atoms with E-state index in [0.29, 0.717) is 6.04 Å². The Labute approximate surface area is 127 Å². The highest BCUT2D eigenvalue weighted by molar-refractivity contribution is 5.31. The lowest BCUT2D eigenvalue weighted by molar-refractivity contribution is 0.0532. The van der Waals surface area contributed by atoms with E-state index in [0.717, 1.165) is 19.4 Å². The van der Waals surface area contributed by atoms with Crippen molar-refractivity contribution in [1.29, 1.82) is 0 Å². The van der Waals surface area contributed by atoms with Gasteiger partial charge in [0.15, 0.2) is 0 Å². The van der Waals surface area contributed by atoms with E-state index in [1.54, 1.807) is 0 Å². The molecule has 0 saturated carbocycles. The third-order valence-electron chi connectivity index (χ3n) is 4.35. The molecule has 110 valence electrons. The van der Waals surface area contributed by atoms with Gasteiger partial charge in [-0.15, -0.1) is 0 Å². The van der Waals surface area contributed by atoms with Crippen molar-refractivity contribution in [3.05, 3.63) is 71.3 Å². The molecule has 0 amide bonds. The predicted octanol–water partition coefficient (Wildman–Crippen LogP) is 4.34. The predicted molar refractivity (Wildman–Crippen MR) is 86.1 cm³/mol. The summed E-state index contributed by atoms with van der Waals surface area (Å²) in [4.78, 5) is 2.30. The maximum Gasteiger partial charge on any atom is 0.0833 e. The molecule has 2 aromatic rings. The molecule has 1 aliphatic rings. The molecule has 1 heterocycles. The van der Waals surface area contributed by atoms with Gasteiger partial charge < -0.3 is 9.64 Å². The average molecular weight is 281 g/mol. The van der Waals surface area contributed by atoms with Gasteiger partial charge in [0.1, 0.15) is 0 Å². The summed E-state index contributed by atoms with van der Waals surface area (Å²) in [5.41, 5.74) is 4.11. The Hall–Kier alpha value is -1.64. The molecule has 2 nitrogen and oxygen atoms in total. The minimum Gasteiger partial charge on any atom is -0.369 e. The maximum atomic E-state index is 5.97. The zero-order valence-electron chi connectivity index (χ0n) is 12.8. The molecular formula is C19H23NO. The van der Waals surface area contributed by atoms with Crippen LogP contribution >= 0.6 is 0 Å². The SMILES string of the molecule is CN(C)C(CCC1OCc2ccccc21)c1ccccc1. The van der Waals surface area contributed by atoms with Gasteiger partial charge in [-0.25, -0.2) is 0 Å². The number of hydrogen-bond acceptors (Lipinski definition) is 2. The van der Waals surface area contributed by atoms with Crippen molar-refractivity contribution in [1.82, 2.24) is 4.90 Å². The van der Waals surface area contributed by atoms with Crippen molar-refractivity contribution in [2.24, 2.45) is 0 Å². The average Bonchev–Trinajstić information content (AvgIpc) is 2.92. The fourth-order valence-corrected chi connectivity index (χ4v) is 3.21. The smallest absolute Gasteiger partial charge is 0.0833 e. The molecule has 3 rings (SSSR count). The van der Waals surface area contributed by atoms with Crippen LogP contribution < -0.4 is 0 Å². The second kappa shape index (κ2) is 6.42. The summed E-state index contributed by atoms with van der Waals surface area (Å²) < 4.78 is 5.97. The van der Waals surface area contributed by atoms with Crippen LogP contribution in [0.1, 0.15) is 41.7 Å². The van der Waals surface area contributed by atoms with E-state index >= 15 is 0 Å². The summed E-state index contributed by atoms with van der Waals surface area (Å²) in [7, 11) is 4.31. The highest BCUT2D eigenvalue weighted by Crippen LogP contribution is 2.36. The molecular weight excluding hydrogens is 258 g/mol. The van der Waals surface area contributed by atoms with Crippen LogP contribution in [0.25, 0.3) is 0 Å². The number of rotatable bonds is 5. The summed E-state index contributed by atoms with van der Waals surface area (Å²) in [6.45, 7) is 0.763. The lowest BCUT2D eigenvalue weighted by Crippen LogP contribution is -2.20. The van der Waals surface area contributed by atoms with E-state index in [4.69, 9.17) is 4.74 Å². The molecule has 1 aliphatic heterocycles. The van der Waals surface area contributed by atoms with E-state index < -0.39 is 0 Å². The Morgan fingerprint density at radius 1 is 1.05 bits per heavy atom. The molecule has 0 N–H and O–H groups in total. The van der Waals surface area contributed by atoms with Gasteiger partial charge >= 0.3 is 0 Å². The van der Waals surface area contributed by atoms with Crippen LogP contribution in [0.5, 0.6) is 0 Å². The van der Waals surface area contributed by atoms with Gasteiger partial charge in [-0.2, -0.15) is 0 Å². The largest absolute Gasteiger partial charge is 0.369 e. The molecule has 2 atom stereocenters. The molecule has 0 aliphatic carbocycles. The molecule has 0 aromatic heterocycles. The van der Waals surface area contributed by atoms with E-state index in [1.807, 2.05) is 0 Å². The Kier molecular flexibility index (Phi) is 4.37. The van der Waals surface area contributed by atoms with Gasteiger partial charge in [0.05, 0.1) is 12.7 Å². The van der Waals surface area contributed by atoms with Crippen LogP contribution in [-0.4, -0.2) is 19.0 Å². The number of ether oxygens (including phenoxy) is 1. The summed E-state index contributed by atoms with van der Waals surface area (Å²) in [5.74, 6) is 0. The molecule has 2 unspecified atom stereocenters. The molecule has 0 bridgehead atoms. The fraction of sp³-hybridized carbons (Fsp3) is 0.368. The van der Waals surface area contributed by atoms with Gasteiger partial charge in [-0.05, 0) is 43.6 Å². The summed E-state index contributed by atoms with van der Waals surface area (Å²) in [5, 5.41) is 0. The quantitative estimate of drug-likeness (QED) is 0.808. The van der Waals surface area contributed by atoms with Gasteiger partial charge in [0, 0.05) is 6.04 Å². The maximum absolute atomic E-state index is 5.97. The molecule has 21 heavy (non-hydrogen) atoms. The summed E-state index contributed by atoms with van der Waals surface area (Å²) in [6, 6.07) is 19.8. The van der Waals surface area contributed by atoms with Gasteiger partial charge in [-0.1, -0.05) is 54.6 Å². The van der Waals surface area contributed by atoms with Gasteiger partial charge in [-0.3, -0.25) is 0 Å². The lowest BCUT2D eigenvalue weighted by atomic mass is 9.96. The second-order valence-corrected chi connectivity index (χ2v) is 5.97. The number of hydrogen-bond donors (Lipinski definition) is 0. The van der Waals surface area contributed by atoms with E-state index in [-0.39, 0.29) is 6.10 Å². The topological polar surface area (TPSA) is 12.5 Å². The van der Waals surface area contributed by atoms with E-state index in [2.05, 4.69) is 73.6 Å². The highest BCUT2D eigenvalue weighted by Gasteiger charge is 2.24. The minimum absolute atomic E-state index is 0.257. The lowest BCUT2D eigenvalue weighted by Gasteiger charge is -2.26. The minimum atomic E-state index is 0.257. The van der Waals surface area contributed by atoms with Crippen molar-refractivity contribution in [2.75, 3.05) is 14.1 Å². The Morgan fingerprint density at radius 2 is 1.76 bits per heavy atom. The number of fused-ring (bicyclic) bond motifs is 1. The third-order valence-corrected chi connectivity index (χ3v) is 4.35. The summed E-state index contributed by atoms with van der Waals surface area (Å²) in [6.07, 6.45) is 2.43. The zero-order valence-corrected chi connectivity index (χ0v) is 12.8. The number of nitrogens with zero attached hydrogens (tertiary/aromatic N) is 1. The van der Waals surface area contributed by atoms with Crippen molar-refractivity contribution >= 4 is 0 Å². The molecule has 0 fully saturated rings. The summed E-state index contributed by atoms with van der Waals surface area (Å²) >= 11 is 0. The Balaban J connectivity index is 1.69. The highest BCUT2D eigenvalue weighted by atomic mass is 16.5. The fourth-order valence-electron chi connectivity index (χ4n) is 3.21. The first-order valence-electron chi connectivity index (χ1n) is 7.66.